The summed E-state index contributed by atoms with van der Waals surface area (Å²) >= 11 is 5.44. The van der Waals surface area contributed by atoms with Gasteiger partial charge < -0.3 is 10.6 Å². The van der Waals surface area contributed by atoms with Gasteiger partial charge in [-0.3, -0.25) is 4.79 Å². The van der Waals surface area contributed by atoms with E-state index >= 15 is 0 Å². The predicted molar refractivity (Wildman–Crippen MR) is 102 cm³/mol. The number of fused-ring (bicyclic) bond motifs is 1. The zero-order valence-electron chi connectivity index (χ0n) is 13.3. The first-order valence-electron chi connectivity index (χ1n) is 7.99. The molecule has 0 radical (unpaired) electrons. The van der Waals surface area contributed by atoms with Crippen molar-refractivity contribution in [2.24, 2.45) is 11.7 Å². The normalized spacial score (nSPS) is 26.3. The van der Waals surface area contributed by atoms with Crippen molar-refractivity contribution in [3.63, 3.8) is 0 Å². The van der Waals surface area contributed by atoms with Crippen LogP contribution in [0.1, 0.15) is 43.7 Å². The van der Waals surface area contributed by atoms with Gasteiger partial charge in [0.1, 0.15) is 0 Å². The second-order valence-electron chi connectivity index (χ2n) is 6.40. The van der Waals surface area contributed by atoms with E-state index in [-0.39, 0.29) is 30.4 Å². The number of benzene rings is 1. The first-order chi connectivity index (χ1) is 10.6. The minimum absolute atomic E-state index is 0. The largest absolute Gasteiger partial charge is 0.339 e. The van der Waals surface area contributed by atoms with Crippen LogP contribution in [0.2, 0.25) is 0 Å². The van der Waals surface area contributed by atoms with Gasteiger partial charge in [0, 0.05) is 34.6 Å². The predicted octanol–water partition coefficient (Wildman–Crippen LogP) is 4.38. The lowest BCUT2D eigenvalue weighted by Gasteiger charge is -2.34. The zero-order chi connectivity index (χ0) is 15.7. The molecule has 3 atom stereocenters. The van der Waals surface area contributed by atoms with Gasteiger partial charge in [-0.2, -0.15) is 0 Å². The van der Waals surface area contributed by atoms with Crippen molar-refractivity contribution in [3.8, 4) is 0 Å². The van der Waals surface area contributed by atoms with Crippen molar-refractivity contribution < 1.29 is 4.79 Å². The van der Waals surface area contributed by atoms with Gasteiger partial charge in [0.15, 0.2) is 0 Å². The van der Waals surface area contributed by atoms with Crippen LogP contribution in [0, 0.1) is 5.92 Å². The van der Waals surface area contributed by atoms with Crippen LogP contribution in [-0.4, -0.2) is 29.6 Å². The van der Waals surface area contributed by atoms with E-state index in [9.17, 15) is 4.79 Å². The summed E-state index contributed by atoms with van der Waals surface area (Å²) in [6, 6.07) is 6.80. The van der Waals surface area contributed by atoms with E-state index in [0.717, 1.165) is 29.5 Å². The van der Waals surface area contributed by atoms with Crippen LogP contribution in [0.3, 0.4) is 0 Å². The minimum Gasteiger partial charge on any atom is -0.339 e. The Morgan fingerprint density at radius 2 is 2.17 bits per heavy atom. The van der Waals surface area contributed by atoms with Crippen molar-refractivity contribution >= 4 is 46.0 Å². The number of halogens is 2. The fraction of sp³-hybridized carbons (Fsp3) is 0.588. The van der Waals surface area contributed by atoms with Gasteiger partial charge in [-0.1, -0.05) is 22.4 Å². The van der Waals surface area contributed by atoms with Crippen molar-refractivity contribution in [2.75, 3.05) is 12.8 Å². The number of rotatable bonds is 3. The zero-order valence-corrected chi connectivity index (χ0v) is 16.6. The highest BCUT2D eigenvalue weighted by Gasteiger charge is 2.31. The molecule has 1 aromatic carbocycles. The number of hydrogen-bond acceptors (Lipinski definition) is 3. The summed E-state index contributed by atoms with van der Waals surface area (Å²) in [5.74, 6) is 1.68. The topological polar surface area (TPSA) is 46.3 Å². The molecule has 0 spiro atoms. The highest BCUT2D eigenvalue weighted by atomic mass is 79.9. The molecule has 0 bridgehead atoms. The minimum atomic E-state index is 0. The van der Waals surface area contributed by atoms with Crippen molar-refractivity contribution in [3.05, 3.63) is 28.2 Å². The number of nitrogens with two attached hydrogens (primary N) is 1. The Labute approximate surface area is 157 Å². The second kappa shape index (κ2) is 8.24. The maximum Gasteiger partial charge on any atom is 0.223 e. The SMILES string of the molecule is CN(C(=O)C[C@@H]1CCC[C@H]1N)C1CCSc2ccc(Br)cc21.Cl. The van der Waals surface area contributed by atoms with Crippen LogP contribution in [0.5, 0.6) is 0 Å². The van der Waals surface area contributed by atoms with Crippen LogP contribution in [0.15, 0.2) is 27.6 Å². The summed E-state index contributed by atoms with van der Waals surface area (Å²) < 4.78 is 1.08. The quantitative estimate of drug-likeness (QED) is 0.790. The smallest absolute Gasteiger partial charge is 0.223 e. The fourth-order valence-corrected chi connectivity index (χ4v) is 5.08. The summed E-state index contributed by atoms with van der Waals surface area (Å²) in [5.41, 5.74) is 7.40. The number of nitrogens with zero attached hydrogens (tertiary/aromatic N) is 1. The van der Waals surface area contributed by atoms with Gasteiger partial charge in [0.2, 0.25) is 5.91 Å². The van der Waals surface area contributed by atoms with E-state index in [1.54, 1.807) is 0 Å². The van der Waals surface area contributed by atoms with Gasteiger partial charge in [-0.05, 0) is 48.9 Å². The van der Waals surface area contributed by atoms with Crippen LogP contribution in [0.25, 0.3) is 0 Å². The second-order valence-corrected chi connectivity index (χ2v) is 8.45. The molecule has 0 saturated heterocycles. The first kappa shape index (κ1) is 19.1. The molecular weight excluding hydrogens is 396 g/mol. The average molecular weight is 420 g/mol. The van der Waals surface area contributed by atoms with Gasteiger partial charge in [0.05, 0.1) is 6.04 Å². The summed E-state index contributed by atoms with van der Waals surface area (Å²) in [6.07, 6.45) is 4.96. The molecular formula is C17H24BrClN2OS. The van der Waals surface area contributed by atoms with E-state index in [0.29, 0.717) is 12.3 Å². The molecule has 3 nitrogen and oxygen atoms in total. The maximum atomic E-state index is 12.7. The molecule has 1 aliphatic heterocycles. The third kappa shape index (κ3) is 4.25. The monoisotopic (exact) mass is 418 g/mol. The van der Waals surface area contributed by atoms with Crippen LogP contribution >= 0.6 is 40.1 Å². The number of thioether (sulfide) groups is 1. The molecule has 1 heterocycles. The van der Waals surface area contributed by atoms with Gasteiger partial charge in [-0.15, -0.1) is 24.2 Å². The third-order valence-corrected chi connectivity index (χ3v) is 6.61. The van der Waals surface area contributed by atoms with E-state index in [1.165, 1.54) is 16.9 Å². The Kier molecular flexibility index (Phi) is 6.84. The molecule has 1 aromatic rings. The highest BCUT2D eigenvalue weighted by Crippen LogP contribution is 2.40. The number of amides is 1. The fourth-order valence-electron chi connectivity index (χ4n) is 3.61. The molecule has 3 rings (SSSR count). The third-order valence-electron chi connectivity index (χ3n) is 5.00. The summed E-state index contributed by atoms with van der Waals surface area (Å²) in [4.78, 5) is 15.9. The molecule has 1 amide bonds. The van der Waals surface area contributed by atoms with Crippen LogP contribution in [0.4, 0.5) is 0 Å². The number of hydrogen-bond donors (Lipinski definition) is 1. The molecule has 2 aliphatic rings. The Balaban J connectivity index is 0.00000192. The molecule has 6 heteroatoms. The van der Waals surface area contributed by atoms with E-state index in [4.69, 9.17) is 5.73 Å². The van der Waals surface area contributed by atoms with Crippen LogP contribution in [-0.2, 0) is 4.79 Å². The summed E-state index contributed by atoms with van der Waals surface area (Å²) in [5, 5.41) is 0. The molecule has 2 N–H and O–H groups in total. The Bertz CT molecular complexity index is 572. The Hall–Kier alpha value is -0.230. The van der Waals surface area contributed by atoms with Crippen molar-refractivity contribution in [1.82, 2.24) is 4.90 Å². The van der Waals surface area contributed by atoms with Gasteiger partial charge in [0.25, 0.3) is 0 Å². The molecule has 1 fully saturated rings. The molecule has 128 valence electrons. The maximum absolute atomic E-state index is 12.7. The van der Waals surface area contributed by atoms with Gasteiger partial charge >= 0.3 is 0 Å². The Morgan fingerprint density at radius 3 is 2.87 bits per heavy atom. The van der Waals surface area contributed by atoms with E-state index in [1.807, 2.05) is 23.7 Å². The molecule has 1 unspecified atom stereocenters. The number of carbonyl (C=O) groups is 1. The van der Waals surface area contributed by atoms with Crippen molar-refractivity contribution in [2.45, 2.75) is 49.1 Å². The standard InChI is InChI=1S/C17H23BrN2OS.ClH/c1-20(17(21)9-11-3-2-4-14(11)19)15-7-8-22-16-6-5-12(18)10-13(15)16;/h5-6,10-11,14-15H,2-4,7-9,19H2,1H3;1H/t11-,14+,15?;/m0./s1. The average Bonchev–Trinajstić information content (AvgIpc) is 2.91. The lowest BCUT2D eigenvalue weighted by molar-refractivity contribution is -0.133. The first-order valence-corrected chi connectivity index (χ1v) is 9.77. The molecule has 0 aromatic heterocycles. The van der Waals surface area contributed by atoms with Gasteiger partial charge in [-0.25, -0.2) is 0 Å². The Morgan fingerprint density at radius 1 is 1.39 bits per heavy atom. The molecule has 1 aliphatic carbocycles. The van der Waals surface area contributed by atoms with E-state index < -0.39 is 0 Å². The number of carbonyl (C=O) groups excluding carboxylic acids is 1. The molecule has 1 saturated carbocycles. The van der Waals surface area contributed by atoms with E-state index in [2.05, 4.69) is 34.1 Å². The summed E-state index contributed by atoms with van der Waals surface area (Å²) in [6.45, 7) is 0. The van der Waals surface area contributed by atoms with Crippen LogP contribution < -0.4 is 5.73 Å². The van der Waals surface area contributed by atoms with Crippen molar-refractivity contribution in [1.29, 1.82) is 0 Å². The summed E-state index contributed by atoms with van der Waals surface area (Å²) in [7, 11) is 1.95. The highest BCUT2D eigenvalue weighted by molar-refractivity contribution is 9.10. The lowest BCUT2D eigenvalue weighted by Crippen LogP contribution is -2.36. The molecule has 23 heavy (non-hydrogen) atoms. The lowest BCUT2D eigenvalue weighted by atomic mass is 9.97.